The number of amides is 1. The number of carbonyl (C=O) groups excluding carboxylic acids is 1. The Morgan fingerprint density at radius 1 is 1.18 bits per heavy atom. The lowest BCUT2D eigenvalue weighted by molar-refractivity contribution is 0.0767. The molecule has 5 nitrogen and oxygen atoms in total. The molecule has 1 heterocycles. The summed E-state index contributed by atoms with van der Waals surface area (Å²) in [6.45, 7) is 4.91. The van der Waals surface area contributed by atoms with Crippen molar-refractivity contribution in [3.8, 4) is 0 Å². The molecular weight excluding hydrogens is 290 g/mol. The van der Waals surface area contributed by atoms with E-state index in [4.69, 9.17) is 0 Å². The van der Waals surface area contributed by atoms with Crippen LogP contribution in [-0.2, 0) is 0 Å². The van der Waals surface area contributed by atoms with Crippen LogP contribution >= 0.6 is 0 Å². The van der Waals surface area contributed by atoms with E-state index >= 15 is 0 Å². The number of rotatable bonds is 5. The van der Waals surface area contributed by atoms with Gasteiger partial charge >= 0.3 is 0 Å². The van der Waals surface area contributed by atoms with Gasteiger partial charge in [0.05, 0.1) is 0 Å². The molecule has 0 bridgehead atoms. The third-order valence-corrected chi connectivity index (χ3v) is 3.10. The molecule has 0 fully saturated rings. The SMILES string of the molecule is CCN(CC)C(=O)c1ccnc(Nc2ccc(F)c(F)c2)n1. The molecule has 1 amide bonds. The van der Waals surface area contributed by atoms with Gasteiger partial charge in [-0.1, -0.05) is 0 Å². The predicted molar refractivity (Wildman–Crippen MR) is 78.9 cm³/mol. The van der Waals surface area contributed by atoms with Gasteiger partial charge in [-0.05, 0) is 32.0 Å². The molecule has 116 valence electrons. The second-order valence-electron chi connectivity index (χ2n) is 4.50. The first-order chi connectivity index (χ1) is 10.5. The molecule has 2 aromatic rings. The lowest BCUT2D eigenvalue weighted by atomic mass is 10.3. The zero-order chi connectivity index (χ0) is 16.1. The van der Waals surface area contributed by atoms with E-state index in [0.29, 0.717) is 18.8 Å². The van der Waals surface area contributed by atoms with Crippen LogP contribution in [0.4, 0.5) is 20.4 Å². The molecule has 0 unspecified atom stereocenters. The maximum Gasteiger partial charge on any atom is 0.272 e. The third kappa shape index (κ3) is 3.55. The highest BCUT2D eigenvalue weighted by Gasteiger charge is 2.14. The van der Waals surface area contributed by atoms with E-state index in [2.05, 4.69) is 15.3 Å². The molecule has 0 saturated heterocycles. The summed E-state index contributed by atoms with van der Waals surface area (Å²) in [6.07, 6.45) is 1.44. The summed E-state index contributed by atoms with van der Waals surface area (Å²) < 4.78 is 26.1. The van der Waals surface area contributed by atoms with Crippen molar-refractivity contribution in [1.82, 2.24) is 14.9 Å². The van der Waals surface area contributed by atoms with Gasteiger partial charge in [-0.3, -0.25) is 4.79 Å². The fourth-order valence-electron chi connectivity index (χ4n) is 1.91. The predicted octanol–water partition coefficient (Wildman–Crippen LogP) is 2.98. The second kappa shape index (κ2) is 6.93. The summed E-state index contributed by atoms with van der Waals surface area (Å²) in [5.74, 6) is -1.97. The van der Waals surface area contributed by atoms with Crippen LogP contribution in [-0.4, -0.2) is 33.9 Å². The first-order valence-electron chi connectivity index (χ1n) is 6.89. The Morgan fingerprint density at radius 3 is 2.55 bits per heavy atom. The Morgan fingerprint density at radius 2 is 1.91 bits per heavy atom. The first-order valence-corrected chi connectivity index (χ1v) is 6.89. The van der Waals surface area contributed by atoms with Gasteiger partial charge in [0, 0.05) is 31.0 Å². The average Bonchev–Trinajstić information content (AvgIpc) is 2.52. The smallest absolute Gasteiger partial charge is 0.272 e. The van der Waals surface area contributed by atoms with Crippen LogP contribution in [0.15, 0.2) is 30.5 Å². The molecule has 1 aromatic heterocycles. The zero-order valence-electron chi connectivity index (χ0n) is 12.3. The molecule has 2 rings (SSSR count). The highest BCUT2D eigenvalue weighted by Crippen LogP contribution is 2.16. The number of hydrogen-bond donors (Lipinski definition) is 1. The molecule has 0 aliphatic rings. The van der Waals surface area contributed by atoms with E-state index in [9.17, 15) is 13.6 Å². The minimum atomic E-state index is -0.972. The highest BCUT2D eigenvalue weighted by molar-refractivity contribution is 5.92. The first kappa shape index (κ1) is 15.8. The summed E-state index contributed by atoms with van der Waals surface area (Å²) >= 11 is 0. The average molecular weight is 306 g/mol. The maximum atomic E-state index is 13.2. The van der Waals surface area contributed by atoms with Gasteiger partial charge in [0.25, 0.3) is 5.91 Å². The number of aromatic nitrogens is 2. The van der Waals surface area contributed by atoms with Gasteiger partial charge < -0.3 is 10.2 Å². The normalized spacial score (nSPS) is 10.4. The molecule has 0 atom stereocenters. The number of nitrogens with one attached hydrogen (secondary N) is 1. The van der Waals surface area contributed by atoms with E-state index in [1.165, 1.54) is 18.3 Å². The molecule has 0 spiro atoms. The van der Waals surface area contributed by atoms with Crippen LogP contribution in [0.5, 0.6) is 0 Å². The fourth-order valence-corrected chi connectivity index (χ4v) is 1.91. The van der Waals surface area contributed by atoms with Crippen LogP contribution in [0.2, 0.25) is 0 Å². The molecule has 7 heteroatoms. The summed E-state index contributed by atoms with van der Waals surface area (Å²) in [5.41, 5.74) is 0.537. The van der Waals surface area contributed by atoms with Crippen molar-refractivity contribution in [2.45, 2.75) is 13.8 Å². The van der Waals surface area contributed by atoms with Crippen LogP contribution in [0.25, 0.3) is 0 Å². The van der Waals surface area contributed by atoms with Gasteiger partial charge in [-0.2, -0.15) is 0 Å². The largest absolute Gasteiger partial charge is 0.338 e. The van der Waals surface area contributed by atoms with Crippen molar-refractivity contribution in [3.63, 3.8) is 0 Å². The van der Waals surface area contributed by atoms with E-state index in [1.54, 1.807) is 4.90 Å². The van der Waals surface area contributed by atoms with Gasteiger partial charge in [0.2, 0.25) is 5.95 Å². The molecule has 22 heavy (non-hydrogen) atoms. The molecule has 0 radical (unpaired) electrons. The fraction of sp³-hybridized carbons (Fsp3) is 0.267. The Labute approximate surface area is 127 Å². The molecule has 1 N–H and O–H groups in total. The topological polar surface area (TPSA) is 58.1 Å². The summed E-state index contributed by atoms with van der Waals surface area (Å²) in [6, 6.07) is 4.87. The monoisotopic (exact) mass is 306 g/mol. The van der Waals surface area contributed by atoms with E-state index < -0.39 is 11.6 Å². The Hall–Kier alpha value is -2.57. The molecule has 0 aliphatic carbocycles. The minimum Gasteiger partial charge on any atom is -0.338 e. The summed E-state index contributed by atoms with van der Waals surface area (Å²) in [5, 5.41) is 2.74. The molecule has 1 aromatic carbocycles. The quantitative estimate of drug-likeness (QED) is 0.922. The molecule has 0 saturated carbocycles. The summed E-state index contributed by atoms with van der Waals surface area (Å²) in [7, 11) is 0. The van der Waals surface area contributed by atoms with E-state index in [-0.39, 0.29) is 17.5 Å². The van der Waals surface area contributed by atoms with Gasteiger partial charge in [-0.15, -0.1) is 0 Å². The Kier molecular flexibility index (Phi) is 4.98. The van der Waals surface area contributed by atoms with E-state index in [1.807, 2.05) is 13.8 Å². The number of benzene rings is 1. The van der Waals surface area contributed by atoms with Gasteiger partial charge in [0.1, 0.15) is 5.69 Å². The number of carbonyl (C=O) groups is 1. The summed E-state index contributed by atoms with van der Waals surface area (Å²) in [4.78, 5) is 21.9. The number of nitrogens with zero attached hydrogens (tertiary/aromatic N) is 3. The van der Waals surface area contributed by atoms with Crippen LogP contribution in [0.1, 0.15) is 24.3 Å². The number of hydrogen-bond acceptors (Lipinski definition) is 4. The Bertz CT molecular complexity index is 674. The minimum absolute atomic E-state index is 0.143. The maximum absolute atomic E-state index is 13.2. The number of anilines is 2. The van der Waals surface area contributed by atoms with Crippen molar-refractivity contribution < 1.29 is 13.6 Å². The third-order valence-electron chi connectivity index (χ3n) is 3.10. The Balaban J connectivity index is 2.21. The van der Waals surface area contributed by atoms with Crippen molar-refractivity contribution in [1.29, 1.82) is 0 Å². The van der Waals surface area contributed by atoms with E-state index in [0.717, 1.165) is 12.1 Å². The van der Waals surface area contributed by atoms with Crippen molar-refractivity contribution in [3.05, 3.63) is 47.8 Å². The van der Waals surface area contributed by atoms with Crippen molar-refractivity contribution >= 4 is 17.5 Å². The van der Waals surface area contributed by atoms with Gasteiger partial charge in [0.15, 0.2) is 11.6 Å². The van der Waals surface area contributed by atoms with Crippen molar-refractivity contribution in [2.75, 3.05) is 18.4 Å². The zero-order valence-corrected chi connectivity index (χ0v) is 12.3. The molecule has 0 aliphatic heterocycles. The van der Waals surface area contributed by atoms with Crippen LogP contribution < -0.4 is 5.32 Å². The van der Waals surface area contributed by atoms with Gasteiger partial charge in [-0.25, -0.2) is 18.7 Å². The number of halogens is 2. The van der Waals surface area contributed by atoms with Crippen LogP contribution in [0.3, 0.4) is 0 Å². The molecular formula is C15H16F2N4O. The second-order valence-corrected chi connectivity index (χ2v) is 4.50. The van der Waals surface area contributed by atoms with Crippen molar-refractivity contribution in [2.24, 2.45) is 0 Å². The lowest BCUT2D eigenvalue weighted by Gasteiger charge is -2.18. The lowest BCUT2D eigenvalue weighted by Crippen LogP contribution is -2.31. The highest BCUT2D eigenvalue weighted by atomic mass is 19.2. The standard InChI is InChI=1S/C15H16F2N4O/c1-3-21(4-2)14(22)13-7-8-18-15(20-13)19-10-5-6-11(16)12(17)9-10/h5-9H,3-4H2,1-2H3,(H,18,19,20). The van der Waals surface area contributed by atoms with Crippen LogP contribution in [0, 0.1) is 11.6 Å².